The Kier molecular flexibility index (Phi) is 7.20. The summed E-state index contributed by atoms with van der Waals surface area (Å²) in [6, 6.07) is 15.4. The monoisotopic (exact) mass is 464 g/mol. The minimum atomic E-state index is -1.06. The molecule has 1 atom stereocenters. The first-order chi connectivity index (χ1) is 16.3. The standard InChI is InChI=1S/C27H32N2O5/c1-17(2)13-24(26(32)29(15-25(30)31)14-18-11-12-18)28-27(33)34-16-23-21-9-5-3-7-19(21)20-8-4-6-10-22(20)23/h3-10,17-18,23-24H,11-16H2,1-2H3,(H,28,33)(H,30,31). The van der Waals surface area contributed by atoms with Crippen molar-refractivity contribution in [1.82, 2.24) is 10.2 Å². The number of amides is 2. The summed E-state index contributed by atoms with van der Waals surface area (Å²) in [7, 11) is 0. The third-order valence-corrected chi connectivity index (χ3v) is 6.45. The quantitative estimate of drug-likeness (QED) is 0.548. The van der Waals surface area contributed by atoms with Crippen LogP contribution in [0.15, 0.2) is 48.5 Å². The fraction of sp³-hybridized carbons (Fsp3) is 0.444. The lowest BCUT2D eigenvalue weighted by molar-refractivity contribution is -0.145. The van der Waals surface area contributed by atoms with E-state index >= 15 is 0 Å². The van der Waals surface area contributed by atoms with Gasteiger partial charge in [0.2, 0.25) is 5.91 Å². The molecule has 2 N–H and O–H groups in total. The lowest BCUT2D eigenvalue weighted by Gasteiger charge is -2.27. The number of fused-ring (bicyclic) bond motifs is 3. The number of benzene rings is 2. The highest BCUT2D eigenvalue weighted by atomic mass is 16.5. The first kappa shape index (κ1) is 23.8. The molecule has 1 saturated carbocycles. The average molecular weight is 465 g/mol. The van der Waals surface area contributed by atoms with Crippen LogP contribution in [0.1, 0.15) is 50.2 Å². The third kappa shape index (κ3) is 5.58. The lowest BCUT2D eigenvalue weighted by atomic mass is 9.98. The van der Waals surface area contributed by atoms with Crippen LogP contribution in [0.5, 0.6) is 0 Å². The number of hydrogen-bond donors (Lipinski definition) is 2. The van der Waals surface area contributed by atoms with E-state index < -0.39 is 18.1 Å². The largest absolute Gasteiger partial charge is 0.480 e. The van der Waals surface area contributed by atoms with Crippen LogP contribution in [-0.2, 0) is 14.3 Å². The molecule has 0 heterocycles. The molecule has 2 aliphatic carbocycles. The molecule has 1 fully saturated rings. The van der Waals surface area contributed by atoms with Crippen LogP contribution in [0.2, 0.25) is 0 Å². The number of carbonyl (C=O) groups is 3. The zero-order chi connectivity index (χ0) is 24.2. The summed E-state index contributed by atoms with van der Waals surface area (Å²) >= 11 is 0. The fourth-order valence-corrected chi connectivity index (χ4v) is 4.70. The van der Waals surface area contributed by atoms with E-state index in [4.69, 9.17) is 4.74 Å². The Morgan fingerprint density at radius 1 is 1.03 bits per heavy atom. The van der Waals surface area contributed by atoms with Crippen LogP contribution in [-0.4, -0.2) is 53.7 Å². The predicted octanol–water partition coefficient (Wildman–Crippen LogP) is 4.26. The maximum atomic E-state index is 13.2. The van der Waals surface area contributed by atoms with E-state index in [-0.39, 0.29) is 30.9 Å². The molecule has 0 aromatic heterocycles. The molecule has 1 unspecified atom stereocenters. The number of alkyl carbamates (subject to hydrolysis) is 1. The maximum Gasteiger partial charge on any atom is 0.407 e. The summed E-state index contributed by atoms with van der Waals surface area (Å²) in [6.45, 7) is 4.12. The Bertz CT molecular complexity index is 1020. The van der Waals surface area contributed by atoms with Crippen LogP contribution in [0.4, 0.5) is 4.79 Å². The first-order valence-corrected chi connectivity index (χ1v) is 12.0. The van der Waals surface area contributed by atoms with Gasteiger partial charge in [0.25, 0.3) is 0 Å². The molecule has 0 bridgehead atoms. The molecule has 0 spiro atoms. The smallest absolute Gasteiger partial charge is 0.407 e. The number of carbonyl (C=O) groups excluding carboxylic acids is 2. The molecular formula is C27H32N2O5. The Labute approximate surface area is 200 Å². The second-order valence-corrected chi connectivity index (χ2v) is 9.71. The lowest BCUT2D eigenvalue weighted by Crippen LogP contribution is -2.51. The van der Waals surface area contributed by atoms with E-state index in [1.807, 2.05) is 50.2 Å². The van der Waals surface area contributed by atoms with Crippen molar-refractivity contribution in [2.45, 2.75) is 45.1 Å². The summed E-state index contributed by atoms with van der Waals surface area (Å²) < 4.78 is 5.62. The number of hydrogen-bond acceptors (Lipinski definition) is 4. The zero-order valence-corrected chi connectivity index (χ0v) is 19.7. The van der Waals surface area contributed by atoms with Crippen LogP contribution < -0.4 is 5.32 Å². The van der Waals surface area contributed by atoms with Gasteiger partial charge < -0.3 is 20.1 Å². The summed E-state index contributed by atoms with van der Waals surface area (Å²) in [5, 5.41) is 12.0. The van der Waals surface area contributed by atoms with Gasteiger partial charge in [-0.1, -0.05) is 62.4 Å². The van der Waals surface area contributed by atoms with Crippen molar-refractivity contribution in [3.05, 3.63) is 59.7 Å². The number of aliphatic carboxylic acids is 1. The first-order valence-electron chi connectivity index (χ1n) is 12.0. The van der Waals surface area contributed by atoms with Crippen LogP contribution >= 0.6 is 0 Å². The second-order valence-electron chi connectivity index (χ2n) is 9.71. The highest BCUT2D eigenvalue weighted by molar-refractivity contribution is 5.88. The summed E-state index contributed by atoms with van der Waals surface area (Å²) in [4.78, 5) is 38.7. The van der Waals surface area contributed by atoms with Gasteiger partial charge in [0.15, 0.2) is 0 Å². The molecule has 7 heteroatoms. The van der Waals surface area contributed by atoms with Crippen LogP contribution in [0.3, 0.4) is 0 Å². The van der Waals surface area contributed by atoms with Crippen molar-refractivity contribution >= 4 is 18.0 Å². The van der Waals surface area contributed by atoms with Crippen molar-refractivity contribution in [2.75, 3.05) is 19.7 Å². The van der Waals surface area contributed by atoms with Crippen molar-refractivity contribution in [3.8, 4) is 11.1 Å². The predicted molar refractivity (Wildman–Crippen MR) is 128 cm³/mol. The van der Waals surface area contributed by atoms with Crippen molar-refractivity contribution in [3.63, 3.8) is 0 Å². The molecule has 2 aliphatic rings. The summed E-state index contributed by atoms with van der Waals surface area (Å²) in [5.41, 5.74) is 4.51. The van der Waals surface area contributed by atoms with Gasteiger partial charge in [-0.25, -0.2) is 4.79 Å². The molecule has 2 amide bonds. The van der Waals surface area contributed by atoms with E-state index in [0.717, 1.165) is 35.1 Å². The zero-order valence-electron chi connectivity index (χ0n) is 19.7. The van der Waals surface area contributed by atoms with Crippen LogP contribution in [0, 0.1) is 11.8 Å². The minimum Gasteiger partial charge on any atom is -0.480 e. The molecule has 0 aliphatic heterocycles. The summed E-state index contributed by atoms with van der Waals surface area (Å²) in [6.07, 6.45) is 1.74. The fourth-order valence-electron chi connectivity index (χ4n) is 4.70. The van der Waals surface area contributed by atoms with Crippen LogP contribution in [0.25, 0.3) is 11.1 Å². The van der Waals surface area contributed by atoms with Crippen molar-refractivity contribution in [2.24, 2.45) is 11.8 Å². The van der Waals surface area contributed by atoms with Gasteiger partial charge in [-0.15, -0.1) is 0 Å². The normalized spacial score (nSPS) is 15.4. The number of ether oxygens (including phenoxy) is 1. The van der Waals surface area contributed by atoms with E-state index in [2.05, 4.69) is 17.4 Å². The Morgan fingerprint density at radius 3 is 2.15 bits per heavy atom. The molecule has 34 heavy (non-hydrogen) atoms. The molecular weight excluding hydrogens is 432 g/mol. The van der Waals surface area contributed by atoms with E-state index in [0.29, 0.717) is 18.9 Å². The van der Waals surface area contributed by atoms with Crippen molar-refractivity contribution in [1.29, 1.82) is 0 Å². The highest BCUT2D eigenvalue weighted by Gasteiger charge is 2.34. The van der Waals surface area contributed by atoms with Gasteiger partial charge >= 0.3 is 12.1 Å². The molecule has 0 radical (unpaired) electrons. The van der Waals surface area contributed by atoms with Crippen molar-refractivity contribution < 1.29 is 24.2 Å². The number of nitrogens with zero attached hydrogens (tertiary/aromatic N) is 1. The van der Waals surface area contributed by atoms with E-state index in [1.165, 1.54) is 4.90 Å². The number of nitrogens with one attached hydrogen (secondary N) is 1. The van der Waals surface area contributed by atoms with Gasteiger partial charge in [0, 0.05) is 12.5 Å². The van der Waals surface area contributed by atoms with Gasteiger partial charge in [-0.2, -0.15) is 0 Å². The highest BCUT2D eigenvalue weighted by Crippen LogP contribution is 2.44. The van der Waals surface area contributed by atoms with E-state index in [9.17, 15) is 19.5 Å². The Hall–Kier alpha value is -3.35. The SMILES string of the molecule is CC(C)CC(NC(=O)OCC1c2ccccc2-c2ccccc21)C(=O)N(CC(=O)O)CC1CC1. The number of rotatable bonds is 10. The summed E-state index contributed by atoms with van der Waals surface area (Å²) in [5.74, 6) is -1.02. The van der Waals surface area contributed by atoms with E-state index in [1.54, 1.807) is 0 Å². The maximum absolute atomic E-state index is 13.2. The second kappa shape index (κ2) is 10.3. The molecule has 2 aromatic rings. The van der Waals surface area contributed by atoms with Gasteiger partial charge in [0.05, 0.1) is 0 Å². The molecule has 180 valence electrons. The van der Waals surface area contributed by atoms with Gasteiger partial charge in [-0.3, -0.25) is 9.59 Å². The molecule has 4 rings (SSSR count). The number of carboxylic acid groups (broad SMARTS) is 1. The molecule has 0 saturated heterocycles. The Balaban J connectivity index is 1.43. The Morgan fingerprint density at radius 2 is 1.62 bits per heavy atom. The molecule has 7 nitrogen and oxygen atoms in total. The number of carboxylic acids is 1. The topological polar surface area (TPSA) is 95.9 Å². The van der Waals surface area contributed by atoms with Gasteiger partial charge in [0.1, 0.15) is 19.2 Å². The average Bonchev–Trinajstić information content (AvgIpc) is 3.56. The minimum absolute atomic E-state index is 0.0734. The molecule has 2 aromatic carbocycles. The van der Waals surface area contributed by atoms with Gasteiger partial charge in [-0.05, 0) is 53.4 Å². The third-order valence-electron chi connectivity index (χ3n) is 6.45.